The van der Waals surface area contributed by atoms with Gasteiger partial charge >= 0.3 is 6.18 Å². The van der Waals surface area contributed by atoms with Crippen LogP contribution in [-0.4, -0.2) is 25.7 Å². The van der Waals surface area contributed by atoms with Gasteiger partial charge in [0.25, 0.3) is 0 Å². The summed E-state index contributed by atoms with van der Waals surface area (Å²) in [6.07, 6.45) is -5.24. The van der Waals surface area contributed by atoms with Crippen LogP contribution in [0.15, 0.2) is 23.2 Å². The number of halogens is 5. The van der Waals surface area contributed by atoms with Gasteiger partial charge in [0.2, 0.25) is 0 Å². The number of nitriles is 1. The zero-order chi connectivity index (χ0) is 15.9. The first kappa shape index (κ1) is 20.4. The highest BCUT2D eigenvalue weighted by Gasteiger charge is 2.26. The van der Waals surface area contributed by atoms with Crippen molar-refractivity contribution in [2.45, 2.75) is 19.1 Å². The number of hydrogen-bond acceptors (Lipinski definition) is 2. The Morgan fingerprint density at radius 1 is 1.32 bits per heavy atom. The maximum absolute atomic E-state index is 13.5. The molecule has 0 radical (unpaired) electrons. The van der Waals surface area contributed by atoms with E-state index in [2.05, 4.69) is 15.6 Å². The van der Waals surface area contributed by atoms with E-state index < -0.39 is 18.4 Å². The minimum absolute atomic E-state index is 0. The van der Waals surface area contributed by atoms with E-state index in [0.717, 1.165) is 6.07 Å². The van der Waals surface area contributed by atoms with Gasteiger partial charge in [-0.3, -0.25) is 4.99 Å². The van der Waals surface area contributed by atoms with Crippen LogP contribution >= 0.6 is 24.0 Å². The second kappa shape index (κ2) is 9.45. The van der Waals surface area contributed by atoms with Gasteiger partial charge in [0.05, 0.1) is 18.1 Å². The highest BCUT2D eigenvalue weighted by atomic mass is 127. The van der Waals surface area contributed by atoms with E-state index >= 15 is 0 Å². The first-order valence-corrected chi connectivity index (χ1v) is 6.05. The Balaban J connectivity index is 0.00000441. The summed E-state index contributed by atoms with van der Waals surface area (Å²) in [5.41, 5.74) is 0.529. The number of hydrogen-bond donors (Lipinski definition) is 2. The Morgan fingerprint density at radius 2 is 2.00 bits per heavy atom. The zero-order valence-electron chi connectivity index (χ0n) is 11.7. The molecule has 0 fully saturated rings. The Bertz CT molecular complexity index is 552. The minimum atomic E-state index is -4.25. The normalized spacial score (nSPS) is 11.4. The monoisotopic (exact) mass is 430 g/mol. The summed E-state index contributed by atoms with van der Waals surface area (Å²) in [6, 6.07) is 5.75. The van der Waals surface area contributed by atoms with Crippen molar-refractivity contribution in [3.63, 3.8) is 0 Å². The second-order valence-corrected chi connectivity index (χ2v) is 4.14. The number of alkyl halides is 3. The molecule has 4 nitrogen and oxygen atoms in total. The van der Waals surface area contributed by atoms with Crippen LogP contribution < -0.4 is 10.6 Å². The largest absolute Gasteiger partial charge is 0.390 e. The Morgan fingerprint density at radius 3 is 2.55 bits per heavy atom. The molecule has 0 amide bonds. The van der Waals surface area contributed by atoms with E-state index in [4.69, 9.17) is 5.26 Å². The molecule has 122 valence electrons. The van der Waals surface area contributed by atoms with Crippen molar-refractivity contribution in [3.05, 3.63) is 35.1 Å². The molecule has 0 bridgehead atoms. The molecule has 0 saturated heterocycles. The van der Waals surface area contributed by atoms with E-state index in [1.807, 2.05) is 6.07 Å². The fourth-order valence-electron chi connectivity index (χ4n) is 1.50. The number of nitrogens with one attached hydrogen (secondary N) is 2. The van der Waals surface area contributed by atoms with E-state index in [1.54, 1.807) is 0 Å². The van der Waals surface area contributed by atoms with Crippen LogP contribution in [0.2, 0.25) is 0 Å². The molecule has 0 spiro atoms. The lowest BCUT2D eigenvalue weighted by Crippen LogP contribution is -2.38. The van der Waals surface area contributed by atoms with E-state index in [9.17, 15) is 17.6 Å². The number of guanidine groups is 1. The molecule has 0 aliphatic carbocycles. The first-order chi connectivity index (χ1) is 9.85. The molecule has 0 saturated carbocycles. The highest BCUT2D eigenvalue weighted by Crippen LogP contribution is 2.18. The molecule has 0 atom stereocenters. The van der Waals surface area contributed by atoms with Crippen molar-refractivity contribution in [1.82, 2.24) is 10.6 Å². The number of rotatable bonds is 4. The molecular formula is C13H15F4IN4. The first-order valence-electron chi connectivity index (χ1n) is 6.05. The molecule has 9 heteroatoms. The van der Waals surface area contributed by atoms with Gasteiger partial charge < -0.3 is 10.6 Å². The predicted octanol–water partition coefficient (Wildman–Crippen LogP) is 2.93. The fourth-order valence-corrected chi connectivity index (χ4v) is 1.50. The van der Waals surface area contributed by atoms with Crippen LogP contribution in [0.3, 0.4) is 0 Å². The summed E-state index contributed by atoms with van der Waals surface area (Å²) in [7, 11) is 1.39. The van der Waals surface area contributed by atoms with Gasteiger partial charge in [-0.05, 0) is 18.2 Å². The molecule has 0 unspecified atom stereocenters. The third-order valence-electron chi connectivity index (χ3n) is 2.55. The third-order valence-corrected chi connectivity index (χ3v) is 2.55. The highest BCUT2D eigenvalue weighted by molar-refractivity contribution is 14.0. The molecule has 0 aliphatic heterocycles. The molecule has 0 aromatic heterocycles. The van der Waals surface area contributed by atoms with Crippen molar-refractivity contribution >= 4 is 29.9 Å². The van der Waals surface area contributed by atoms with Crippen molar-refractivity contribution in [1.29, 1.82) is 5.26 Å². The van der Waals surface area contributed by atoms with Crippen molar-refractivity contribution in [2.24, 2.45) is 4.99 Å². The van der Waals surface area contributed by atoms with Crippen LogP contribution in [0.5, 0.6) is 0 Å². The van der Waals surface area contributed by atoms with Crippen molar-refractivity contribution < 1.29 is 17.6 Å². The Kier molecular flexibility index (Phi) is 8.77. The summed E-state index contributed by atoms with van der Waals surface area (Å²) in [5, 5.41) is 13.9. The van der Waals surface area contributed by atoms with Crippen LogP contribution in [0.25, 0.3) is 0 Å². The molecule has 1 aromatic rings. The second-order valence-electron chi connectivity index (χ2n) is 4.14. The summed E-state index contributed by atoms with van der Waals surface area (Å²) in [5.74, 6) is -0.381. The quantitative estimate of drug-likeness (QED) is 0.334. The SMILES string of the molecule is CN=C(NCCC(F)(F)F)NCc1cc(C#N)ccc1F.I. The lowest BCUT2D eigenvalue weighted by Gasteiger charge is -2.13. The molecule has 0 aliphatic rings. The van der Waals surface area contributed by atoms with Gasteiger partial charge in [0.1, 0.15) is 5.82 Å². The smallest absolute Gasteiger partial charge is 0.356 e. The summed E-state index contributed by atoms with van der Waals surface area (Å²) in [6.45, 7) is -0.322. The van der Waals surface area contributed by atoms with E-state index in [0.29, 0.717) is 5.56 Å². The van der Waals surface area contributed by atoms with Crippen LogP contribution in [0, 0.1) is 17.1 Å². The topological polar surface area (TPSA) is 60.2 Å². The van der Waals surface area contributed by atoms with Gasteiger partial charge in [-0.25, -0.2) is 4.39 Å². The van der Waals surface area contributed by atoms with Crippen LogP contribution in [0.1, 0.15) is 17.5 Å². The molecular weight excluding hydrogens is 415 g/mol. The van der Waals surface area contributed by atoms with Gasteiger partial charge in [-0.2, -0.15) is 18.4 Å². The number of nitrogens with zero attached hydrogens (tertiary/aromatic N) is 2. The zero-order valence-corrected chi connectivity index (χ0v) is 14.0. The van der Waals surface area contributed by atoms with Gasteiger partial charge in [-0.1, -0.05) is 0 Å². The van der Waals surface area contributed by atoms with Crippen molar-refractivity contribution in [2.75, 3.05) is 13.6 Å². The van der Waals surface area contributed by atoms with Gasteiger partial charge in [0.15, 0.2) is 5.96 Å². The molecule has 2 N–H and O–H groups in total. The van der Waals surface area contributed by atoms with Crippen LogP contribution in [0.4, 0.5) is 17.6 Å². The van der Waals surface area contributed by atoms with Gasteiger partial charge in [0, 0.05) is 25.7 Å². The van der Waals surface area contributed by atoms with E-state index in [-0.39, 0.29) is 48.6 Å². The maximum atomic E-state index is 13.5. The van der Waals surface area contributed by atoms with Gasteiger partial charge in [-0.15, -0.1) is 24.0 Å². The van der Waals surface area contributed by atoms with Crippen LogP contribution in [-0.2, 0) is 6.54 Å². The minimum Gasteiger partial charge on any atom is -0.356 e. The lowest BCUT2D eigenvalue weighted by atomic mass is 10.1. The summed E-state index contributed by atoms with van der Waals surface area (Å²) in [4.78, 5) is 3.73. The van der Waals surface area contributed by atoms with E-state index in [1.165, 1.54) is 19.2 Å². The molecule has 0 heterocycles. The third kappa shape index (κ3) is 7.44. The maximum Gasteiger partial charge on any atom is 0.390 e. The summed E-state index contributed by atoms with van der Waals surface area (Å²) < 4.78 is 49.6. The number of benzene rings is 1. The Hall–Kier alpha value is -1.57. The average Bonchev–Trinajstić information content (AvgIpc) is 2.43. The lowest BCUT2D eigenvalue weighted by molar-refractivity contribution is -0.132. The molecule has 1 aromatic carbocycles. The molecule has 1 rings (SSSR count). The standard InChI is InChI=1S/C13H14F4N4.HI/c1-19-12(20-5-4-13(15,16)17)21-8-10-6-9(7-18)2-3-11(10)14;/h2-3,6H,4-5,8H2,1H3,(H2,19,20,21);1H. The number of aliphatic imine (C=N–C) groups is 1. The fraction of sp³-hybridized carbons (Fsp3) is 0.385. The molecule has 22 heavy (non-hydrogen) atoms. The average molecular weight is 430 g/mol. The predicted molar refractivity (Wildman–Crippen MR) is 85.4 cm³/mol. The Labute approximate surface area is 142 Å². The van der Waals surface area contributed by atoms with Crippen molar-refractivity contribution in [3.8, 4) is 6.07 Å². The summed E-state index contributed by atoms with van der Waals surface area (Å²) >= 11 is 0.